The molecule has 0 unspecified atom stereocenters. The summed E-state index contributed by atoms with van der Waals surface area (Å²) in [4.78, 5) is 17.7. The van der Waals surface area contributed by atoms with Crippen LogP contribution in [0.3, 0.4) is 0 Å². The number of amides is 1. The molecule has 0 aromatic heterocycles. The van der Waals surface area contributed by atoms with Crippen LogP contribution in [-0.2, 0) is 16.6 Å². The maximum atomic E-state index is 13.4. The van der Waals surface area contributed by atoms with Gasteiger partial charge in [-0.15, -0.1) is 0 Å². The quantitative estimate of drug-likeness (QED) is 0.658. The van der Waals surface area contributed by atoms with E-state index in [2.05, 4.69) is 4.90 Å². The third-order valence-corrected chi connectivity index (χ3v) is 8.45. The van der Waals surface area contributed by atoms with Crippen molar-refractivity contribution in [2.24, 2.45) is 0 Å². The molecule has 2 saturated heterocycles. The molecule has 8 heteroatoms. The number of carbonyl (C=O) groups is 1. The SMILES string of the molecule is O=C(c1ccccc1S(=O)(=O)N1CCCCC1)N1CCCN(Cc2ccc(Cl)cc2)CC1. The molecule has 0 N–H and O–H groups in total. The zero-order chi connectivity index (χ0) is 22.6. The van der Waals surface area contributed by atoms with Gasteiger partial charge in [-0.2, -0.15) is 4.31 Å². The van der Waals surface area contributed by atoms with Crippen molar-refractivity contribution in [3.05, 3.63) is 64.7 Å². The monoisotopic (exact) mass is 475 g/mol. The van der Waals surface area contributed by atoms with E-state index in [0.29, 0.717) is 26.2 Å². The molecular formula is C24H30ClN3O3S. The van der Waals surface area contributed by atoms with Gasteiger partial charge in [0.05, 0.1) is 10.5 Å². The summed E-state index contributed by atoms with van der Waals surface area (Å²) in [5.41, 5.74) is 1.47. The van der Waals surface area contributed by atoms with Gasteiger partial charge in [0, 0.05) is 50.8 Å². The predicted octanol–water partition coefficient (Wildman–Crippen LogP) is 3.86. The van der Waals surface area contributed by atoms with Gasteiger partial charge in [-0.05, 0) is 49.1 Å². The number of sulfonamides is 1. The molecule has 1 amide bonds. The molecule has 0 radical (unpaired) electrons. The van der Waals surface area contributed by atoms with Crippen LogP contribution >= 0.6 is 11.6 Å². The zero-order valence-electron chi connectivity index (χ0n) is 18.2. The molecule has 2 fully saturated rings. The van der Waals surface area contributed by atoms with Crippen LogP contribution in [-0.4, -0.2) is 67.7 Å². The molecule has 32 heavy (non-hydrogen) atoms. The minimum atomic E-state index is -3.68. The molecule has 2 aliphatic rings. The van der Waals surface area contributed by atoms with Crippen LogP contribution < -0.4 is 0 Å². The van der Waals surface area contributed by atoms with Gasteiger partial charge in [0.25, 0.3) is 5.91 Å². The summed E-state index contributed by atoms with van der Waals surface area (Å²) < 4.78 is 28.1. The van der Waals surface area contributed by atoms with E-state index in [-0.39, 0.29) is 16.4 Å². The summed E-state index contributed by atoms with van der Waals surface area (Å²) >= 11 is 5.98. The van der Waals surface area contributed by atoms with Crippen LogP contribution in [0.2, 0.25) is 5.02 Å². The first-order valence-electron chi connectivity index (χ1n) is 11.3. The van der Waals surface area contributed by atoms with Crippen molar-refractivity contribution in [3.63, 3.8) is 0 Å². The molecule has 0 aliphatic carbocycles. The van der Waals surface area contributed by atoms with Crippen LogP contribution in [0.25, 0.3) is 0 Å². The maximum Gasteiger partial charge on any atom is 0.255 e. The molecule has 4 rings (SSSR count). The number of halogens is 1. The number of nitrogens with zero attached hydrogens (tertiary/aromatic N) is 3. The van der Waals surface area contributed by atoms with Gasteiger partial charge in [-0.3, -0.25) is 9.69 Å². The van der Waals surface area contributed by atoms with Gasteiger partial charge in [0.2, 0.25) is 10.0 Å². The van der Waals surface area contributed by atoms with E-state index in [0.717, 1.165) is 50.3 Å². The highest BCUT2D eigenvalue weighted by Crippen LogP contribution is 2.25. The van der Waals surface area contributed by atoms with E-state index >= 15 is 0 Å². The Balaban J connectivity index is 1.47. The Morgan fingerprint density at radius 1 is 0.812 bits per heavy atom. The maximum absolute atomic E-state index is 13.4. The third kappa shape index (κ3) is 5.34. The van der Waals surface area contributed by atoms with Crippen molar-refractivity contribution in [3.8, 4) is 0 Å². The fourth-order valence-corrected chi connectivity index (χ4v) is 6.29. The zero-order valence-corrected chi connectivity index (χ0v) is 19.8. The molecule has 0 spiro atoms. The molecule has 2 aromatic carbocycles. The summed E-state index contributed by atoms with van der Waals surface area (Å²) in [5, 5.41) is 0.722. The Kier molecular flexibility index (Phi) is 7.51. The summed E-state index contributed by atoms with van der Waals surface area (Å²) in [5.74, 6) is -0.200. The fourth-order valence-electron chi connectivity index (χ4n) is 4.46. The molecule has 172 valence electrons. The topological polar surface area (TPSA) is 60.9 Å². The van der Waals surface area contributed by atoms with Crippen LogP contribution in [0.4, 0.5) is 0 Å². The minimum absolute atomic E-state index is 0.133. The molecule has 6 nitrogen and oxygen atoms in total. The van der Waals surface area contributed by atoms with Crippen molar-refractivity contribution < 1.29 is 13.2 Å². The molecule has 2 heterocycles. The lowest BCUT2D eigenvalue weighted by Gasteiger charge is -2.28. The van der Waals surface area contributed by atoms with E-state index < -0.39 is 10.0 Å². The standard InChI is InChI=1S/C24H30ClN3O3S/c25-21-11-9-20(10-12-21)19-26-13-6-14-27(18-17-26)24(29)22-7-2-3-8-23(22)32(30,31)28-15-4-1-5-16-28/h2-3,7-12H,1,4-6,13-19H2. The first-order chi connectivity index (χ1) is 15.4. The van der Waals surface area contributed by atoms with Crippen molar-refractivity contribution in [1.29, 1.82) is 0 Å². The largest absolute Gasteiger partial charge is 0.337 e. The second-order valence-electron chi connectivity index (χ2n) is 8.51. The van der Waals surface area contributed by atoms with Gasteiger partial charge in [-0.25, -0.2) is 8.42 Å². The van der Waals surface area contributed by atoms with E-state index in [1.807, 2.05) is 24.3 Å². The van der Waals surface area contributed by atoms with Gasteiger partial charge < -0.3 is 4.90 Å². The molecule has 0 saturated carbocycles. The second kappa shape index (κ2) is 10.3. The fraction of sp³-hybridized carbons (Fsp3) is 0.458. The smallest absolute Gasteiger partial charge is 0.255 e. The average molecular weight is 476 g/mol. The third-order valence-electron chi connectivity index (χ3n) is 6.25. The normalized spacial score (nSPS) is 19.0. The number of carbonyl (C=O) groups excluding carboxylic acids is 1. The molecule has 0 bridgehead atoms. The Labute approximate surface area is 195 Å². The Hall–Kier alpha value is -1.93. The Bertz CT molecular complexity index is 1040. The summed E-state index contributed by atoms with van der Waals surface area (Å²) in [6, 6.07) is 14.5. The lowest BCUT2D eigenvalue weighted by molar-refractivity contribution is 0.0757. The minimum Gasteiger partial charge on any atom is -0.337 e. The Morgan fingerprint density at radius 3 is 2.28 bits per heavy atom. The van der Waals surface area contributed by atoms with E-state index in [4.69, 9.17) is 11.6 Å². The van der Waals surface area contributed by atoms with Gasteiger partial charge in [0.1, 0.15) is 0 Å². The average Bonchev–Trinajstić information content (AvgIpc) is 3.06. The Morgan fingerprint density at radius 2 is 1.53 bits per heavy atom. The van der Waals surface area contributed by atoms with Crippen LogP contribution in [0.1, 0.15) is 41.6 Å². The summed E-state index contributed by atoms with van der Waals surface area (Å²) in [6.07, 6.45) is 3.63. The van der Waals surface area contributed by atoms with E-state index in [1.54, 1.807) is 29.2 Å². The highest BCUT2D eigenvalue weighted by atomic mass is 35.5. The predicted molar refractivity (Wildman–Crippen MR) is 126 cm³/mol. The molecular weight excluding hydrogens is 446 g/mol. The van der Waals surface area contributed by atoms with Crippen molar-refractivity contribution in [2.75, 3.05) is 39.3 Å². The first kappa shape index (κ1) is 23.2. The van der Waals surface area contributed by atoms with E-state index in [9.17, 15) is 13.2 Å². The molecule has 2 aliphatic heterocycles. The van der Waals surface area contributed by atoms with Crippen molar-refractivity contribution >= 4 is 27.5 Å². The number of benzene rings is 2. The number of hydrogen-bond donors (Lipinski definition) is 0. The second-order valence-corrected chi connectivity index (χ2v) is 10.9. The van der Waals surface area contributed by atoms with E-state index in [1.165, 1.54) is 9.87 Å². The highest BCUT2D eigenvalue weighted by Gasteiger charge is 2.31. The van der Waals surface area contributed by atoms with Gasteiger partial charge in [-0.1, -0.05) is 42.3 Å². The van der Waals surface area contributed by atoms with Crippen molar-refractivity contribution in [2.45, 2.75) is 37.1 Å². The van der Waals surface area contributed by atoms with Crippen LogP contribution in [0.15, 0.2) is 53.4 Å². The summed E-state index contributed by atoms with van der Waals surface area (Å²) in [7, 11) is -3.68. The molecule has 2 aromatic rings. The summed E-state index contributed by atoms with van der Waals surface area (Å²) in [6.45, 7) is 4.68. The van der Waals surface area contributed by atoms with Crippen LogP contribution in [0, 0.1) is 0 Å². The van der Waals surface area contributed by atoms with Gasteiger partial charge >= 0.3 is 0 Å². The first-order valence-corrected chi connectivity index (χ1v) is 13.1. The molecule has 0 atom stereocenters. The number of piperidine rings is 1. The number of rotatable bonds is 5. The number of hydrogen-bond acceptors (Lipinski definition) is 4. The van der Waals surface area contributed by atoms with Gasteiger partial charge in [0.15, 0.2) is 0 Å². The van der Waals surface area contributed by atoms with Crippen LogP contribution in [0.5, 0.6) is 0 Å². The highest BCUT2D eigenvalue weighted by molar-refractivity contribution is 7.89. The lowest BCUT2D eigenvalue weighted by Crippen LogP contribution is -2.38. The lowest BCUT2D eigenvalue weighted by atomic mass is 10.2. The van der Waals surface area contributed by atoms with Crippen molar-refractivity contribution in [1.82, 2.24) is 14.1 Å².